The fourth-order valence-electron chi connectivity index (χ4n) is 3.38. The van der Waals surface area contributed by atoms with Crippen LogP contribution in [0.25, 0.3) is 0 Å². The van der Waals surface area contributed by atoms with E-state index in [-0.39, 0.29) is 12.5 Å². The van der Waals surface area contributed by atoms with Gasteiger partial charge in [0.15, 0.2) is 0 Å². The maximum Gasteiger partial charge on any atom is 0.325 e. The van der Waals surface area contributed by atoms with Crippen molar-refractivity contribution < 1.29 is 14.4 Å². The van der Waals surface area contributed by atoms with Gasteiger partial charge in [-0.25, -0.2) is 4.79 Å². The number of rotatable bonds is 6. The van der Waals surface area contributed by atoms with Crippen molar-refractivity contribution >= 4 is 23.5 Å². The van der Waals surface area contributed by atoms with Crippen LogP contribution in [0.2, 0.25) is 0 Å². The topological polar surface area (TPSA) is 96.3 Å². The largest absolute Gasteiger partial charge is 0.325 e. The highest BCUT2D eigenvalue weighted by atomic mass is 16.2. The van der Waals surface area contributed by atoms with Crippen molar-refractivity contribution in [3.05, 3.63) is 47.3 Å². The minimum absolute atomic E-state index is 0.334. The lowest BCUT2D eigenvalue weighted by atomic mass is 9.93. The smallest absolute Gasteiger partial charge is 0.323 e. The maximum absolute atomic E-state index is 12.8. The first-order chi connectivity index (χ1) is 13.2. The van der Waals surface area contributed by atoms with E-state index in [4.69, 9.17) is 0 Å². The fourth-order valence-corrected chi connectivity index (χ4v) is 3.38. The number of imide groups is 1. The lowest BCUT2D eigenvalue weighted by Crippen LogP contribution is -2.45. The van der Waals surface area contributed by atoms with Crippen LogP contribution in [-0.2, 0) is 23.1 Å². The van der Waals surface area contributed by atoms with Crippen LogP contribution in [0.4, 0.5) is 10.5 Å². The number of amides is 4. The van der Waals surface area contributed by atoms with Crippen LogP contribution in [0.15, 0.2) is 30.3 Å². The predicted molar refractivity (Wildman–Crippen MR) is 105 cm³/mol. The first-order valence-corrected chi connectivity index (χ1v) is 9.19. The number of urea groups is 1. The van der Waals surface area contributed by atoms with Crippen molar-refractivity contribution in [1.82, 2.24) is 20.0 Å². The minimum atomic E-state index is -1.02. The highest BCUT2D eigenvalue weighted by Crippen LogP contribution is 2.24. The first-order valence-electron chi connectivity index (χ1n) is 9.19. The molecule has 1 atom stereocenters. The van der Waals surface area contributed by atoms with Crippen molar-refractivity contribution in [3.8, 4) is 0 Å². The van der Waals surface area contributed by atoms with Gasteiger partial charge >= 0.3 is 6.03 Å². The van der Waals surface area contributed by atoms with Crippen LogP contribution in [0.5, 0.6) is 0 Å². The summed E-state index contributed by atoms with van der Waals surface area (Å²) >= 11 is 0. The summed E-state index contributed by atoms with van der Waals surface area (Å²) in [5.74, 6) is -0.821. The molecule has 1 saturated heterocycles. The predicted octanol–water partition coefficient (Wildman–Crippen LogP) is 1.92. The van der Waals surface area contributed by atoms with E-state index in [1.54, 1.807) is 25.6 Å². The Hall–Kier alpha value is -3.16. The Labute approximate surface area is 163 Å². The summed E-state index contributed by atoms with van der Waals surface area (Å²) in [5.41, 5.74) is 2.15. The molecule has 4 amide bonds. The van der Waals surface area contributed by atoms with Gasteiger partial charge in [0.2, 0.25) is 5.91 Å². The second kappa shape index (κ2) is 7.46. The number of nitrogens with one attached hydrogen (secondary N) is 2. The highest BCUT2D eigenvalue weighted by molar-refractivity contribution is 6.10. The van der Waals surface area contributed by atoms with E-state index >= 15 is 0 Å². The van der Waals surface area contributed by atoms with E-state index in [0.29, 0.717) is 24.2 Å². The third kappa shape index (κ3) is 3.76. The zero-order valence-corrected chi connectivity index (χ0v) is 16.6. The molecule has 8 heteroatoms. The van der Waals surface area contributed by atoms with Crippen LogP contribution in [0.1, 0.15) is 30.3 Å². The van der Waals surface area contributed by atoms with Gasteiger partial charge in [0, 0.05) is 7.05 Å². The van der Waals surface area contributed by atoms with E-state index in [2.05, 4.69) is 15.7 Å². The molecule has 8 nitrogen and oxygen atoms in total. The maximum atomic E-state index is 12.8. The Morgan fingerprint density at radius 2 is 1.89 bits per heavy atom. The van der Waals surface area contributed by atoms with E-state index in [1.807, 2.05) is 37.3 Å². The molecule has 1 aromatic carbocycles. The molecule has 0 bridgehead atoms. The number of aryl methyl sites for hydroxylation is 3. The Morgan fingerprint density at radius 3 is 2.50 bits per heavy atom. The molecule has 28 heavy (non-hydrogen) atoms. The molecule has 2 aromatic rings. The minimum Gasteiger partial charge on any atom is -0.323 e. The molecule has 1 aliphatic heterocycles. The van der Waals surface area contributed by atoms with Gasteiger partial charge in [-0.2, -0.15) is 5.10 Å². The van der Waals surface area contributed by atoms with Crippen LogP contribution in [-0.4, -0.2) is 44.6 Å². The van der Waals surface area contributed by atoms with Crippen LogP contribution in [0, 0.1) is 13.8 Å². The summed E-state index contributed by atoms with van der Waals surface area (Å²) in [6.45, 7) is 4.99. The second-order valence-corrected chi connectivity index (χ2v) is 7.36. The van der Waals surface area contributed by atoms with Crippen molar-refractivity contribution in [3.63, 3.8) is 0 Å². The standard InChI is InChI=1S/C20H25N5O3/c1-13-17(14(2)24(4)23-13)21-16(26)12-25-18(27)20(3,22-19(25)28)11-10-15-8-6-5-7-9-15/h5-9H,10-12H2,1-4H3,(H,21,26)(H,22,28)/t20-/m0/s1. The lowest BCUT2D eigenvalue weighted by Gasteiger charge is -2.21. The fraction of sp³-hybridized carbons (Fsp3) is 0.400. The average molecular weight is 383 g/mol. The van der Waals surface area contributed by atoms with Gasteiger partial charge < -0.3 is 10.6 Å². The highest BCUT2D eigenvalue weighted by Gasteiger charge is 2.47. The average Bonchev–Trinajstić information content (AvgIpc) is 3.02. The Morgan fingerprint density at radius 1 is 1.21 bits per heavy atom. The van der Waals surface area contributed by atoms with Gasteiger partial charge in [0.05, 0.1) is 17.1 Å². The molecule has 3 rings (SSSR count). The summed E-state index contributed by atoms with van der Waals surface area (Å²) in [6, 6.07) is 9.22. The summed E-state index contributed by atoms with van der Waals surface area (Å²) in [4.78, 5) is 38.6. The van der Waals surface area contributed by atoms with E-state index < -0.39 is 17.5 Å². The molecule has 0 aliphatic carbocycles. The van der Waals surface area contributed by atoms with Crippen molar-refractivity contribution in [1.29, 1.82) is 0 Å². The Kier molecular flexibility index (Phi) is 5.22. The third-order valence-corrected chi connectivity index (χ3v) is 5.18. The number of carbonyl (C=O) groups excluding carboxylic acids is 3. The van der Waals surface area contributed by atoms with E-state index in [9.17, 15) is 14.4 Å². The van der Waals surface area contributed by atoms with Gasteiger partial charge in [-0.15, -0.1) is 0 Å². The molecule has 2 N–H and O–H groups in total. The zero-order chi connectivity index (χ0) is 20.5. The monoisotopic (exact) mass is 383 g/mol. The Balaban J connectivity index is 1.65. The molecule has 1 aliphatic rings. The van der Waals surface area contributed by atoms with Crippen LogP contribution < -0.4 is 10.6 Å². The summed E-state index contributed by atoms with van der Waals surface area (Å²) in [7, 11) is 1.79. The summed E-state index contributed by atoms with van der Waals surface area (Å²) in [6.07, 6.45) is 1.11. The van der Waals surface area contributed by atoms with Gasteiger partial charge in [-0.3, -0.25) is 19.2 Å². The molecule has 0 spiro atoms. The number of nitrogens with zero attached hydrogens (tertiary/aromatic N) is 3. The van der Waals surface area contributed by atoms with Gasteiger partial charge in [-0.1, -0.05) is 30.3 Å². The van der Waals surface area contributed by atoms with Crippen LogP contribution in [0.3, 0.4) is 0 Å². The van der Waals surface area contributed by atoms with E-state index in [1.165, 1.54) is 0 Å². The number of carbonyl (C=O) groups is 3. The van der Waals surface area contributed by atoms with Crippen molar-refractivity contribution in [2.45, 2.75) is 39.2 Å². The molecular weight excluding hydrogens is 358 g/mol. The molecule has 0 saturated carbocycles. The second-order valence-electron chi connectivity index (χ2n) is 7.36. The number of anilines is 1. The number of benzene rings is 1. The van der Waals surface area contributed by atoms with Crippen molar-refractivity contribution in [2.75, 3.05) is 11.9 Å². The number of hydrogen-bond donors (Lipinski definition) is 2. The molecular formula is C20H25N5O3. The SMILES string of the molecule is Cc1nn(C)c(C)c1NC(=O)CN1C(=O)N[C@@](C)(CCc2ccccc2)C1=O. The molecule has 1 fully saturated rings. The summed E-state index contributed by atoms with van der Waals surface area (Å²) in [5, 5.41) is 9.74. The van der Waals surface area contributed by atoms with Crippen molar-refractivity contribution in [2.24, 2.45) is 7.05 Å². The van der Waals surface area contributed by atoms with Gasteiger partial charge in [0.1, 0.15) is 12.1 Å². The Bertz CT molecular complexity index is 921. The molecule has 2 heterocycles. The number of aromatic nitrogens is 2. The lowest BCUT2D eigenvalue weighted by molar-refractivity contribution is -0.133. The molecule has 0 unspecified atom stereocenters. The third-order valence-electron chi connectivity index (χ3n) is 5.18. The van der Waals surface area contributed by atoms with Gasteiger partial charge in [0.25, 0.3) is 5.91 Å². The summed E-state index contributed by atoms with van der Waals surface area (Å²) < 4.78 is 1.67. The molecule has 0 radical (unpaired) electrons. The van der Waals surface area contributed by atoms with Crippen LogP contribution >= 0.6 is 0 Å². The normalized spacial score (nSPS) is 19.1. The zero-order valence-electron chi connectivity index (χ0n) is 16.6. The first kappa shape index (κ1) is 19.6. The van der Waals surface area contributed by atoms with E-state index in [0.717, 1.165) is 16.2 Å². The molecule has 148 valence electrons. The quantitative estimate of drug-likeness (QED) is 0.745. The molecule has 1 aromatic heterocycles. The van der Waals surface area contributed by atoms with Gasteiger partial charge in [-0.05, 0) is 39.2 Å². The number of hydrogen-bond acceptors (Lipinski definition) is 4.